The summed E-state index contributed by atoms with van der Waals surface area (Å²) in [6.45, 7) is 4.40. The maximum Gasteiger partial charge on any atom is 0.337 e. The predicted octanol–water partition coefficient (Wildman–Crippen LogP) is 1.42. The lowest BCUT2D eigenvalue weighted by Gasteiger charge is -2.28. The first kappa shape index (κ1) is 15.5. The zero-order valence-electron chi connectivity index (χ0n) is 11.9. The molecule has 0 bridgehead atoms. The fraction of sp³-hybridized carbons (Fsp3) is 0.500. The number of aromatic carboxylic acids is 1. The monoisotopic (exact) mass is 266 g/mol. The summed E-state index contributed by atoms with van der Waals surface area (Å²) in [5, 5.41) is 22.3. The molecule has 0 aliphatic carbocycles. The van der Waals surface area contributed by atoms with E-state index in [0.717, 1.165) is 5.56 Å². The Bertz CT molecular complexity index is 456. The molecular formula is C14H22N2O3. The highest BCUT2D eigenvalue weighted by Gasteiger charge is 2.22. The lowest BCUT2D eigenvalue weighted by atomic mass is 10.1. The highest BCUT2D eigenvalue weighted by Crippen LogP contribution is 2.19. The molecule has 19 heavy (non-hydrogen) atoms. The van der Waals surface area contributed by atoms with E-state index in [9.17, 15) is 9.90 Å². The molecule has 1 aromatic carbocycles. The van der Waals surface area contributed by atoms with Gasteiger partial charge in [0, 0.05) is 18.8 Å². The van der Waals surface area contributed by atoms with Gasteiger partial charge in [-0.3, -0.25) is 0 Å². The number of carboxylic acid groups (broad SMARTS) is 1. The standard InChI is InChI=1S/C14H22N2O3/c1-10-5-6-11(13(17)18)12(7-10)15-8-14(2,19)9-16(3)4/h5-7,15,19H,8-9H2,1-4H3,(H,17,18). The minimum absolute atomic E-state index is 0.214. The van der Waals surface area contributed by atoms with E-state index in [1.807, 2.05) is 25.9 Å². The molecule has 0 heterocycles. The first-order chi connectivity index (χ1) is 8.71. The normalized spacial score (nSPS) is 14.2. The minimum Gasteiger partial charge on any atom is -0.478 e. The Balaban J connectivity index is 2.82. The number of carbonyl (C=O) groups is 1. The van der Waals surface area contributed by atoms with Crippen LogP contribution in [0.1, 0.15) is 22.8 Å². The second kappa shape index (κ2) is 6.04. The number of aryl methyl sites for hydroxylation is 1. The van der Waals surface area contributed by atoms with Crippen LogP contribution in [0.3, 0.4) is 0 Å². The van der Waals surface area contributed by atoms with Crippen LogP contribution in [0.5, 0.6) is 0 Å². The molecule has 1 rings (SSSR count). The molecule has 0 saturated heterocycles. The third-order valence-electron chi connectivity index (χ3n) is 2.72. The number of nitrogens with zero attached hydrogens (tertiary/aromatic N) is 1. The lowest BCUT2D eigenvalue weighted by molar-refractivity contribution is 0.0458. The zero-order valence-corrected chi connectivity index (χ0v) is 11.9. The van der Waals surface area contributed by atoms with Crippen LogP contribution in [0.15, 0.2) is 18.2 Å². The summed E-state index contributed by atoms with van der Waals surface area (Å²) < 4.78 is 0. The molecule has 0 aromatic heterocycles. The van der Waals surface area contributed by atoms with Gasteiger partial charge in [-0.25, -0.2) is 4.79 Å². The maximum atomic E-state index is 11.1. The van der Waals surface area contributed by atoms with Gasteiger partial charge < -0.3 is 20.4 Å². The number of aliphatic hydroxyl groups is 1. The van der Waals surface area contributed by atoms with E-state index in [1.54, 1.807) is 25.1 Å². The summed E-state index contributed by atoms with van der Waals surface area (Å²) in [5.74, 6) is -0.977. The number of likely N-dealkylation sites (N-methyl/N-ethyl adjacent to an activating group) is 1. The summed E-state index contributed by atoms with van der Waals surface area (Å²) in [6, 6.07) is 5.10. The number of benzene rings is 1. The topological polar surface area (TPSA) is 72.8 Å². The molecule has 5 heteroatoms. The van der Waals surface area contributed by atoms with Crippen molar-refractivity contribution in [2.24, 2.45) is 0 Å². The van der Waals surface area contributed by atoms with Crippen LogP contribution in [-0.4, -0.2) is 53.9 Å². The SMILES string of the molecule is Cc1ccc(C(=O)O)c(NCC(C)(O)CN(C)C)c1. The van der Waals surface area contributed by atoms with Gasteiger partial charge in [0.2, 0.25) is 0 Å². The number of hydrogen-bond donors (Lipinski definition) is 3. The Morgan fingerprint density at radius 3 is 2.58 bits per heavy atom. The molecule has 0 spiro atoms. The van der Waals surface area contributed by atoms with E-state index in [2.05, 4.69) is 5.32 Å². The maximum absolute atomic E-state index is 11.1. The molecule has 0 amide bonds. The van der Waals surface area contributed by atoms with Gasteiger partial charge in [-0.15, -0.1) is 0 Å². The van der Waals surface area contributed by atoms with Crippen LogP contribution in [0, 0.1) is 6.92 Å². The fourth-order valence-corrected chi connectivity index (χ4v) is 2.01. The van der Waals surface area contributed by atoms with E-state index < -0.39 is 11.6 Å². The van der Waals surface area contributed by atoms with Gasteiger partial charge in [-0.2, -0.15) is 0 Å². The third kappa shape index (κ3) is 4.89. The summed E-state index contributed by atoms with van der Waals surface area (Å²) in [7, 11) is 3.76. The second-order valence-corrected chi connectivity index (χ2v) is 5.44. The summed E-state index contributed by atoms with van der Waals surface area (Å²) in [5.41, 5.74) is 0.792. The molecule has 0 fully saturated rings. The Morgan fingerprint density at radius 1 is 1.42 bits per heavy atom. The second-order valence-electron chi connectivity index (χ2n) is 5.44. The van der Waals surface area contributed by atoms with Gasteiger partial charge in [0.25, 0.3) is 0 Å². The number of nitrogens with one attached hydrogen (secondary N) is 1. The molecule has 0 aliphatic rings. The average molecular weight is 266 g/mol. The molecular weight excluding hydrogens is 244 g/mol. The van der Waals surface area contributed by atoms with Crippen molar-refractivity contribution in [1.82, 2.24) is 4.90 Å². The molecule has 0 saturated carbocycles. The van der Waals surface area contributed by atoms with Crippen molar-refractivity contribution in [3.63, 3.8) is 0 Å². The molecule has 5 nitrogen and oxygen atoms in total. The highest BCUT2D eigenvalue weighted by atomic mass is 16.4. The van der Waals surface area contributed by atoms with Crippen molar-refractivity contribution in [3.8, 4) is 0 Å². The number of rotatable bonds is 6. The summed E-state index contributed by atoms with van der Waals surface area (Å²) in [6.07, 6.45) is 0. The van der Waals surface area contributed by atoms with Gasteiger partial charge in [0.1, 0.15) is 0 Å². The Labute approximate surface area is 113 Å². The van der Waals surface area contributed by atoms with Crippen LogP contribution in [-0.2, 0) is 0 Å². The van der Waals surface area contributed by atoms with Crippen molar-refractivity contribution in [2.45, 2.75) is 19.4 Å². The molecule has 1 atom stereocenters. The molecule has 1 unspecified atom stereocenters. The first-order valence-electron chi connectivity index (χ1n) is 6.16. The number of anilines is 1. The lowest BCUT2D eigenvalue weighted by Crippen LogP contribution is -2.43. The van der Waals surface area contributed by atoms with Gasteiger partial charge in [0.15, 0.2) is 0 Å². The molecule has 0 radical (unpaired) electrons. The van der Waals surface area contributed by atoms with Crippen LogP contribution in [0.25, 0.3) is 0 Å². The van der Waals surface area contributed by atoms with E-state index in [1.165, 1.54) is 0 Å². The molecule has 0 aliphatic heterocycles. The zero-order chi connectivity index (χ0) is 14.6. The first-order valence-corrected chi connectivity index (χ1v) is 6.16. The van der Waals surface area contributed by atoms with Gasteiger partial charge in [-0.1, -0.05) is 6.07 Å². The van der Waals surface area contributed by atoms with Crippen molar-refractivity contribution < 1.29 is 15.0 Å². The van der Waals surface area contributed by atoms with E-state index >= 15 is 0 Å². The third-order valence-corrected chi connectivity index (χ3v) is 2.72. The number of carboxylic acids is 1. The van der Waals surface area contributed by atoms with E-state index in [4.69, 9.17) is 5.11 Å². The minimum atomic E-state index is -0.977. The fourth-order valence-electron chi connectivity index (χ4n) is 2.01. The van der Waals surface area contributed by atoms with Crippen LogP contribution in [0.4, 0.5) is 5.69 Å². The quantitative estimate of drug-likeness (QED) is 0.726. The van der Waals surface area contributed by atoms with Crippen molar-refractivity contribution >= 4 is 11.7 Å². The average Bonchev–Trinajstić information content (AvgIpc) is 2.24. The largest absolute Gasteiger partial charge is 0.478 e. The van der Waals surface area contributed by atoms with Crippen LogP contribution >= 0.6 is 0 Å². The van der Waals surface area contributed by atoms with Crippen molar-refractivity contribution in [2.75, 3.05) is 32.5 Å². The van der Waals surface area contributed by atoms with Crippen LogP contribution in [0.2, 0.25) is 0 Å². The Hall–Kier alpha value is -1.59. The smallest absolute Gasteiger partial charge is 0.337 e. The summed E-state index contributed by atoms with van der Waals surface area (Å²) >= 11 is 0. The van der Waals surface area contributed by atoms with Gasteiger partial charge >= 0.3 is 5.97 Å². The highest BCUT2D eigenvalue weighted by molar-refractivity contribution is 5.94. The Kier molecular flexibility index (Phi) is 4.91. The Morgan fingerprint density at radius 2 is 2.05 bits per heavy atom. The molecule has 3 N–H and O–H groups in total. The molecule has 1 aromatic rings. The van der Waals surface area contributed by atoms with Gasteiger partial charge in [0.05, 0.1) is 11.2 Å². The molecule has 106 valence electrons. The van der Waals surface area contributed by atoms with Crippen molar-refractivity contribution in [3.05, 3.63) is 29.3 Å². The van der Waals surface area contributed by atoms with E-state index in [0.29, 0.717) is 12.2 Å². The van der Waals surface area contributed by atoms with Crippen LogP contribution < -0.4 is 5.32 Å². The van der Waals surface area contributed by atoms with Gasteiger partial charge in [-0.05, 0) is 45.6 Å². The number of hydrogen-bond acceptors (Lipinski definition) is 4. The summed E-state index contributed by atoms with van der Waals surface area (Å²) in [4.78, 5) is 13.0. The van der Waals surface area contributed by atoms with E-state index in [-0.39, 0.29) is 12.1 Å². The predicted molar refractivity (Wildman–Crippen MR) is 75.8 cm³/mol. The van der Waals surface area contributed by atoms with Crippen molar-refractivity contribution in [1.29, 1.82) is 0 Å².